The second-order valence-electron chi connectivity index (χ2n) is 9.08. The van der Waals surface area contributed by atoms with Crippen molar-refractivity contribution in [2.45, 2.75) is 57.5 Å². The second-order valence-corrected chi connectivity index (χ2v) is 9.08. The first-order valence-corrected chi connectivity index (χ1v) is 12.0. The Bertz CT molecular complexity index is 892. The van der Waals surface area contributed by atoms with Crippen LogP contribution < -0.4 is 10.1 Å². The van der Waals surface area contributed by atoms with Crippen LogP contribution in [0.3, 0.4) is 0 Å². The summed E-state index contributed by atoms with van der Waals surface area (Å²) >= 11 is 0. The highest BCUT2D eigenvalue weighted by atomic mass is 16.5. The highest BCUT2D eigenvalue weighted by molar-refractivity contribution is 5.78. The van der Waals surface area contributed by atoms with E-state index in [-0.39, 0.29) is 5.91 Å². The molecule has 2 aromatic rings. The first-order valence-electron chi connectivity index (χ1n) is 12.0. The monoisotopic (exact) mass is 436 g/mol. The molecule has 0 spiro atoms. The maximum atomic E-state index is 12.5. The lowest BCUT2D eigenvalue weighted by Gasteiger charge is -2.31. The van der Waals surface area contributed by atoms with E-state index in [0.717, 1.165) is 55.9 Å². The molecule has 1 fully saturated rings. The van der Waals surface area contributed by atoms with Gasteiger partial charge in [-0.15, -0.1) is 0 Å². The number of carbonyl (C=O) groups excluding carboxylic acids is 1. The number of rotatable bonds is 9. The summed E-state index contributed by atoms with van der Waals surface area (Å²) in [6.07, 6.45) is 7.47. The predicted octanol–water partition coefficient (Wildman–Crippen LogP) is 3.91. The predicted molar refractivity (Wildman–Crippen MR) is 127 cm³/mol. The van der Waals surface area contributed by atoms with Gasteiger partial charge >= 0.3 is 0 Å². The molecule has 0 atom stereocenters. The molecule has 1 saturated heterocycles. The van der Waals surface area contributed by atoms with Crippen molar-refractivity contribution in [1.29, 1.82) is 0 Å². The summed E-state index contributed by atoms with van der Waals surface area (Å²) in [5, 5.41) is 3.06. The number of benzene rings is 2. The molecule has 0 bridgehead atoms. The normalized spacial score (nSPS) is 16.6. The average molecular weight is 437 g/mol. The molecule has 1 N–H and O–H groups in total. The third-order valence-electron chi connectivity index (χ3n) is 6.69. The lowest BCUT2D eigenvalue weighted by Crippen LogP contribution is -2.38. The molecule has 2 aliphatic rings. The van der Waals surface area contributed by atoms with Crippen molar-refractivity contribution < 1.29 is 14.3 Å². The van der Waals surface area contributed by atoms with Gasteiger partial charge in [-0.1, -0.05) is 30.3 Å². The van der Waals surface area contributed by atoms with Gasteiger partial charge in [-0.3, -0.25) is 9.69 Å². The zero-order valence-electron chi connectivity index (χ0n) is 19.3. The van der Waals surface area contributed by atoms with Crippen LogP contribution in [0.2, 0.25) is 0 Å². The first-order chi connectivity index (χ1) is 15.7. The Kier molecular flexibility index (Phi) is 8.18. The summed E-state index contributed by atoms with van der Waals surface area (Å²) in [5.41, 5.74) is 5.04. The van der Waals surface area contributed by atoms with Crippen molar-refractivity contribution in [2.75, 3.05) is 33.4 Å². The van der Waals surface area contributed by atoms with E-state index in [0.29, 0.717) is 25.6 Å². The van der Waals surface area contributed by atoms with Gasteiger partial charge in [0.2, 0.25) is 5.91 Å². The third-order valence-corrected chi connectivity index (χ3v) is 6.69. The fraction of sp³-hybridized carbons (Fsp3) is 0.519. The van der Waals surface area contributed by atoms with E-state index in [9.17, 15) is 4.79 Å². The van der Waals surface area contributed by atoms with Crippen LogP contribution in [0, 0.1) is 0 Å². The Labute approximate surface area is 192 Å². The molecular weight excluding hydrogens is 400 g/mol. The molecule has 32 heavy (non-hydrogen) atoms. The lowest BCUT2D eigenvalue weighted by atomic mass is 9.90. The molecule has 0 saturated carbocycles. The molecule has 1 heterocycles. The molecule has 5 heteroatoms. The van der Waals surface area contributed by atoms with E-state index in [1.165, 1.54) is 30.4 Å². The minimum atomic E-state index is 0.0603. The Morgan fingerprint density at radius 2 is 1.88 bits per heavy atom. The van der Waals surface area contributed by atoms with E-state index in [2.05, 4.69) is 35.5 Å². The maximum Gasteiger partial charge on any atom is 0.224 e. The number of carbonyl (C=O) groups is 1. The number of hydrogen-bond acceptors (Lipinski definition) is 4. The minimum Gasteiger partial charge on any atom is -0.492 e. The van der Waals surface area contributed by atoms with E-state index in [4.69, 9.17) is 9.47 Å². The second kappa shape index (κ2) is 11.5. The molecule has 0 radical (unpaired) electrons. The largest absolute Gasteiger partial charge is 0.492 e. The highest BCUT2D eigenvalue weighted by Crippen LogP contribution is 2.22. The number of amides is 1. The van der Waals surface area contributed by atoms with Crippen LogP contribution in [0.1, 0.15) is 47.9 Å². The lowest BCUT2D eigenvalue weighted by molar-refractivity contribution is -0.120. The Morgan fingerprint density at radius 3 is 2.72 bits per heavy atom. The van der Waals surface area contributed by atoms with Gasteiger partial charge in [0.05, 0.1) is 6.42 Å². The molecule has 4 rings (SSSR count). The van der Waals surface area contributed by atoms with Crippen LogP contribution >= 0.6 is 0 Å². The molecule has 0 aromatic heterocycles. The molecule has 1 amide bonds. The summed E-state index contributed by atoms with van der Waals surface area (Å²) in [6.45, 7) is 3.78. The fourth-order valence-electron chi connectivity index (χ4n) is 4.71. The topological polar surface area (TPSA) is 50.8 Å². The highest BCUT2D eigenvalue weighted by Gasteiger charge is 2.18. The van der Waals surface area contributed by atoms with Gasteiger partial charge in [-0.2, -0.15) is 0 Å². The van der Waals surface area contributed by atoms with Crippen LogP contribution in [-0.4, -0.2) is 50.3 Å². The molecule has 172 valence electrons. The summed E-state index contributed by atoms with van der Waals surface area (Å²) in [7, 11) is 2.16. The van der Waals surface area contributed by atoms with Crippen LogP contribution in [0.15, 0.2) is 42.5 Å². The van der Waals surface area contributed by atoms with Crippen LogP contribution in [0.5, 0.6) is 5.75 Å². The molecule has 2 aromatic carbocycles. The van der Waals surface area contributed by atoms with Gasteiger partial charge in [0.1, 0.15) is 12.4 Å². The van der Waals surface area contributed by atoms with E-state index in [1.54, 1.807) is 0 Å². The zero-order valence-corrected chi connectivity index (χ0v) is 19.3. The number of fused-ring (bicyclic) bond motifs is 1. The number of aryl methyl sites for hydroxylation is 2. The smallest absolute Gasteiger partial charge is 0.224 e. The molecule has 1 aliphatic heterocycles. The molecule has 0 unspecified atom stereocenters. The summed E-state index contributed by atoms with van der Waals surface area (Å²) in [4.78, 5) is 14.8. The summed E-state index contributed by atoms with van der Waals surface area (Å²) in [5.74, 6) is 0.914. The van der Waals surface area contributed by atoms with E-state index >= 15 is 0 Å². The minimum absolute atomic E-state index is 0.0603. The Balaban J connectivity index is 1.21. The standard InChI is InChI=1S/C27H36N2O3/c1-29(25-11-14-31-15-12-25)13-16-32-26-8-4-5-22(18-26)20-28-27(30)19-21-9-10-23-6-2-3-7-24(23)17-21/h4-5,8-10,17-18,25H,2-3,6-7,11-16,19-20H2,1H3,(H,28,30). The van der Waals surface area contributed by atoms with Gasteiger partial charge < -0.3 is 14.8 Å². The molecular formula is C27H36N2O3. The molecule has 5 nitrogen and oxygen atoms in total. The van der Waals surface area contributed by atoms with Crippen molar-refractivity contribution in [2.24, 2.45) is 0 Å². The third kappa shape index (κ3) is 6.57. The van der Waals surface area contributed by atoms with Crippen molar-refractivity contribution in [3.8, 4) is 5.75 Å². The SMILES string of the molecule is CN(CCOc1cccc(CNC(=O)Cc2ccc3c(c2)CCCC3)c1)C1CCOCC1. The first kappa shape index (κ1) is 22.8. The maximum absolute atomic E-state index is 12.5. The van der Waals surface area contributed by atoms with Crippen LogP contribution in [0.25, 0.3) is 0 Å². The van der Waals surface area contributed by atoms with E-state index in [1.807, 2.05) is 24.3 Å². The summed E-state index contributed by atoms with van der Waals surface area (Å²) < 4.78 is 11.4. The van der Waals surface area contributed by atoms with Crippen molar-refractivity contribution in [3.05, 3.63) is 64.7 Å². The number of likely N-dealkylation sites (N-methyl/N-ethyl adjacent to an activating group) is 1. The Morgan fingerprint density at radius 1 is 1.06 bits per heavy atom. The van der Waals surface area contributed by atoms with Gasteiger partial charge in [0.15, 0.2) is 0 Å². The van der Waals surface area contributed by atoms with Crippen LogP contribution in [-0.2, 0) is 35.3 Å². The average Bonchev–Trinajstić information content (AvgIpc) is 2.83. The number of ether oxygens (including phenoxy) is 2. The molecule has 1 aliphatic carbocycles. The van der Waals surface area contributed by atoms with E-state index < -0.39 is 0 Å². The zero-order chi connectivity index (χ0) is 22.2. The number of nitrogens with zero attached hydrogens (tertiary/aromatic N) is 1. The van der Waals surface area contributed by atoms with Gasteiger partial charge in [0.25, 0.3) is 0 Å². The van der Waals surface area contributed by atoms with Crippen LogP contribution in [0.4, 0.5) is 0 Å². The summed E-state index contributed by atoms with van der Waals surface area (Å²) in [6, 6.07) is 15.1. The van der Waals surface area contributed by atoms with Crippen molar-refractivity contribution in [1.82, 2.24) is 10.2 Å². The van der Waals surface area contributed by atoms with Gasteiger partial charge in [-0.05, 0) is 80.0 Å². The fourth-order valence-corrected chi connectivity index (χ4v) is 4.71. The van der Waals surface area contributed by atoms with Crippen molar-refractivity contribution >= 4 is 5.91 Å². The van der Waals surface area contributed by atoms with Gasteiger partial charge in [-0.25, -0.2) is 0 Å². The quantitative estimate of drug-likeness (QED) is 0.648. The number of nitrogens with one attached hydrogen (secondary N) is 1. The number of hydrogen-bond donors (Lipinski definition) is 1. The van der Waals surface area contributed by atoms with Crippen molar-refractivity contribution in [3.63, 3.8) is 0 Å². The Hall–Kier alpha value is -2.37. The van der Waals surface area contributed by atoms with Gasteiger partial charge in [0, 0.05) is 32.3 Å².